The van der Waals surface area contributed by atoms with Gasteiger partial charge in [0.15, 0.2) is 0 Å². The normalized spacial score (nSPS) is 14.4. The van der Waals surface area contributed by atoms with Gasteiger partial charge in [0.25, 0.3) is 0 Å². The first-order chi connectivity index (χ1) is 13.6. The summed E-state index contributed by atoms with van der Waals surface area (Å²) in [7, 11) is 1.64. The van der Waals surface area contributed by atoms with Crippen LogP contribution in [0.3, 0.4) is 0 Å². The number of methoxy groups -OCH3 is 1. The predicted octanol–water partition coefficient (Wildman–Crippen LogP) is 2.16. The van der Waals surface area contributed by atoms with Crippen LogP contribution in [0.1, 0.15) is 24.6 Å². The number of nitrogens with one attached hydrogen (secondary N) is 1. The monoisotopic (exact) mass is 380 g/mol. The predicted molar refractivity (Wildman–Crippen MR) is 106 cm³/mol. The van der Waals surface area contributed by atoms with Crippen LogP contribution in [0.4, 0.5) is 0 Å². The van der Waals surface area contributed by atoms with Crippen LogP contribution in [-0.2, 0) is 9.59 Å². The Morgan fingerprint density at radius 1 is 1.29 bits per heavy atom. The molecule has 0 atom stereocenters. The van der Waals surface area contributed by atoms with E-state index in [1.165, 1.54) is 0 Å². The molecule has 7 heteroatoms. The van der Waals surface area contributed by atoms with Crippen molar-refractivity contribution in [2.75, 3.05) is 26.7 Å². The number of hydrogen-bond donors (Lipinski definition) is 1. The average Bonchev–Trinajstić information content (AvgIpc) is 2.77. The number of hydrogen-bond acceptors (Lipinski definition) is 5. The number of carbonyl (C=O) groups excluding carboxylic acids is 2. The van der Waals surface area contributed by atoms with E-state index in [-0.39, 0.29) is 24.3 Å². The molecule has 2 heterocycles. The Hall–Kier alpha value is -3.22. The Balaban J connectivity index is 1.64. The first-order valence-electron chi connectivity index (χ1n) is 9.26. The van der Waals surface area contributed by atoms with Crippen LogP contribution < -0.4 is 10.1 Å². The first-order valence-corrected chi connectivity index (χ1v) is 9.26. The second kappa shape index (κ2) is 9.12. The summed E-state index contributed by atoms with van der Waals surface area (Å²) in [6.45, 7) is 4.61. The molecule has 1 saturated heterocycles. The van der Waals surface area contributed by atoms with E-state index in [1.54, 1.807) is 18.2 Å². The fraction of sp³-hybridized carbons (Fsp3) is 0.333. The molecule has 1 aromatic carbocycles. The largest absolute Gasteiger partial charge is 0.496 e. The maximum absolute atomic E-state index is 12.2. The maximum atomic E-state index is 12.2. The van der Waals surface area contributed by atoms with Gasteiger partial charge in [0.05, 0.1) is 19.3 Å². The second-order valence-corrected chi connectivity index (χ2v) is 6.58. The summed E-state index contributed by atoms with van der Waals surface area (Å²) in [5.74, 6) is 1.33. The van der Waals surface area contributed by atoms with Gasteiger partial charge in [0.1, 0.15) is 11.6 Å². The van der Waals surface area contributed by atoms with E-state index >= 15 is 0 Å². The number of piperidine rings is 1. The van der Waals surface area contributed by atoms with E-state index in [0.29, 0.717) is 13.1 Å². The summed E-state index contributed by atoms with van der Waals surface area (Å²) in [6.07, 6.45) is 4.51. The van der Waals surface area contributed by atoms with E-state index < -0.39 is 0 Å². The lowest BCUT2D eigenvalue weighted by Gasteiger charge is -2.31. The highest BCUT2D eigenvalue weighted by Crippen LogP contribution is 2.30. The van der Waals surface area contributed by atoms with Crippen molar-refractivity contribution in [2.45, 2.75) is 18.8 Å². The number of para-hydroxylation sites is 1. The molecule has 1 aliphatic heterocycles. The molecule has 1 aliphatic rings. The van der Waals surface area contributed by atoms with Gasteiger partial charge in [-0.25, -0.2) is 9.97 Å². The Kier molecular flexibility index (Phi) is 6.37. The molecule has 0 unspecified atom stereocenters. The summed E-state index contributed by atoms with van der Waals surface area (Å²) in [5.41, 5.74) is 1.76. The molecule has 0 spiro atoms. The summed E-state index contributed by atoms with van der Waals surface area (Å²) in [5, 5.41) is 2.52. The molecule has 1 N–H and O–H groups in total. The van der Waals surface area contributed by atoms with E-state index in [2.05, 4.69) is 16.9 Å². The highest BCUT2D eigenvalue weighted by atomic mass is 16.5. The fourth-order valence-corrected chi connectivity index (χ4v) is 3.31. The highest BCUT2D eigenvalue weighted by molar-refractivity contribution is 5.90. The Labute approximate surface area is 164 Å². The summed E-state index contributed by atoms with van der Waals surface area (Å²) in [4.78, 5) is 34.4. The molecule has 28 heavy (non-hydrogen) atoms. The molecular weight excluding hydrogens is 356 g/mol. The van der Waals surface area contributed by atoms with E-state index in [1.807, 2.05) is 30.3 Å². The third-order valence-corrected chi connectivity index (χ3v) is 4.87. The van der Waals surface area contributed by atoms with Gasteiger partial charge < -0.3 is 15.0 Å². The number of rotatable bonds is 6. The lowest BCUT2D eigenvalue weighted by molar-refractivity contribution is -0.133. The van der Waals surface area contributed by atoms with Crippen LogP contribution in [-0.4, -0.2) is 53.4 Å². The molecule has 0 radical (unpaired) electrons. The van der Waals surface area contributed by atoms with Gasteiger partial charge in [0, 0.05) is 30.8 Å². The average molecular weight is 380 g/mol. The van der Waals surface area contributed by atoms with Gasteiger partial charge in [-0.15, -0.1) is 0 Å². The van der Waals surface area contributed by atoms with Gasteiger partial charge in [-0.3, -0.25) is 9.59 Å². The molecular formula is C21H24N4O3. The minimum Gasteiger partial charge on any atom is -0.496 e. The third-order valence-electron chi connectivity index (χ3n) is 4.87. The molecule has 2 amide bonds. The SMILES string of the molecule is C=CC(=O)NCC(=O)N1CCC(c2nccc(-c3ccccc3OC)n2)CC1. The van der Waals surface area contributed by atoms with Crippen molar-refractivity contribution in [1.29, 1.82) is 0 Å². The fourth-order valence-electron chi connectivity index (χ4n) is 3.31. The van der Waals surface area contributed by atoms with Crippen LogP contribution >= 0.6 is 0 Å². The summed E-state index contributed by atoms with van der Waals surface area (Å²) < 4.78 is 5.43. The van der Waals surface area contributed by atoms with E-state index in [9.17, 15) is 9.59 Å². The Morgan fingerprint density at radius 2 is 2.04 bits per heavy atom. The van der Waals surface area contributed by atoms with E-state index in [4.69, 9.17) is 9.72 Å². The van der Waals surface area contributed by atoms with Crippen LogP contribution in [0.5, 0.6) is 5.75 Å². The minimum absolute atomic E-state index is 0.00466. The zero-order valence-electron chi connectivity index (χ0n) is 15.9. The number of benzene rings is 1. The van der Waals surface area contributed by atoms with Crippen molar-refractivity contribution in [1.82, 2.24) is 20.2 Å². The van der Waals surface area contributed by atoms with Crippen molar-refractivity contribution in [3.8, 4) is 17.0 Å². The topological polar surface area (TPSA) is 84.4 Å². The smallest absolute Gasteiger partial charge is 0.243 e. The van der Waals surface area contributed by atoms with Gasteiger partial charge in [-0.05, 0) is 37.1 Å². The molecule has 146 valence electrons. The summed E-state index contributed by atoms with van der Waals surface area (Å²) in [6, 6.07) is 9.64. The number of aromatic nitrogens is 2. The van der Waals surface area contributed by atoms with Crippen molar-refractivity contribution in [2.24, 2.45) is 0 Å². The lowest BCUT2D eigenvalue weighted by atomic mass is 9.95. The minimum atomic E-state index is -0.343. The Morgan fingerprint density at radius 3 is 2.75 bits per heavy atom. The molecule has 2 aromatic rings. The maximum Gasteiger partial charge on any atom is 0.243 e. The molecule has 0 aliphatic carbocycles. The standard InChI is InChI=1S/C21H24N4O3/c1-3-19(26)23-14-20(27)25-12-9-15(10-13-25)21-22-11-8-17(24-21)16-6-4-5-7-18(16)28-2/h3-8,11,15H,1,9-10,12-14H2,2H3,(H,23,26). The van der Waals surface area contributed by atoms with E-state index in [0.717, 1.165) is 41.7 Å². The summed E-state index contributed by atoms with van der Waals surface area (Å²) >= 11 is 0. The molecule has 0 bridgehead atoms. The van der Waals surface area contributed by atoms with Crippen LogP contribution in [0.15, 0.2) is 49.2 Å². The first kappa shape index (κ1) is 19.5. The van der Waals surface area contributed by atoms with Crippen molar-refractivity contribution in [3.63, 3.8) is 0 Å². The van der Waals surface area contributed by atoms with Crippen molar-refractivity contribution >= 4 is 11.8 Å². The van der Waals surface area contributed by atoms with Crippen LogP contribution in [0.25, 0.3) is 11.3 Å². The number of likely N-dealkylation sites (tertiary alicyclic amines) is 1. The number of ether oxygens (including phenoxy) is 1. The molecule has 1 aromatic heterocycles. The highest BCUT2D eigenvalue weighted by Gasteiger charge is 2.25. The number of nitrogens with zero attached hydrogens (tertiary/aromatic N) is 3. The van der Waals surface area contributed by atoms with Crippen molar-refractivity contribution in [3.05, 3.63) is 55.0 Å². The zero-order chi connectivity index (χ0) is 19.9. The van der Waals surface area contributed by atoms with Gasteiger partial charge in [0.2, 0.25) is 11.8 Å². The number of carbonyl (C=O) groups is 2. The molecule has 1 fully saturated rings. The Bertz CT molecular complexity index is 860. The molecule has 7 nitrogen and oxygen atoms in total. The van der Waals surface area contributed by atoms with Gasteiger partial charge in [-0.2, -0.15) is 0 Å². The quantitative estimate of drug-likeness (QED) is 0.777. The molecule has 0 saturated carbocycles. The number of amides is 2. The zero-order valence-corrected chi connectivity index (χ0v) is 15.9. The van der Waals surface area contributed by atoms with Crippen molar-refractivity contribution < 1.29 is 14.3 Å². The van der Waals surface area contributed by atoms with Crippen LogP contribution in [0.2, 0.25) is 0 Å². The van der Waals surface area contributed by atoms with Gasteiger partial charge in [-0.1, -0.05) is 18.7 Å². The third kappa shape index (κ3) is 4.54. The molecule has 3 rings (SSSR count). The van der Waals surface area contributed by atoms with Crippen LogP contribution in [0, 0.1) is 0 Å². The van der Waals surface area contributed by atoms with Gasteiger partial charge >= 0.3 is 0 Å². The lowest BCUT2D eigenvalue weighted by Crippen LogP contribution is -2.43. The second-order valence-electron chi connectivity index (χ2n) is 6.58.